The van der Waals surface area contributed by atoms with Crippen LogP contribution in [0.2, 0.25) is 0 Å². The van der Waals surface area contributed by atoms with Crippen LogP contribution in [0.3, 0.4) is 0 Å². The fraction of sp³-hybridized carbons (Fsp3) is 0.286. The van der Waals surface area contributed by atoms with E-state index in [1.807, 2.05) is 59.5 Å². The molecule has 1 unspecified atom stereocenters. The standard InChI is InChI=1S/C35H35N3O6/c1-41-29-9-8-26-21-31(29)43-18-4-14-37-33(39)10-7-23-5-3-6-27(19-23)44-32-20-25-13-17-38(34(26)28(25)22-30(32)42-2)35(40)24-11-15-36-16-12-24/h3,5-6,8-9,11-12,15-16,19-22,34H,4,7,10,13-14,17-18H2,1-2H3,(H,37,39). The van der Waals surface area contributed by atoms with Gasteiger partial charge in [0, 0.05) is 37.5 Å². The summed E-state index contributed by atoms with van der Waals surface area (Å²) in [6.45, 7) is 1.38. The SMILES string of the molecule is COc1ccc2cc1OCCCNC(=O)CCc1cccc(c1)Oc1cc3c(cc1OC)C2N(C(=O)c1ccncc1)CC3. The normalized spacial score (nSPS) is 16.6. The van der Waals surface area contributed by atoms with Gasteiger partial charge in [0.1, 0.15) is 5.75 Å². The predicted octanol–water partition coefficient (Wildman–Crippen LogP) is 5.51. The van der Waals surface area contributed by atoms with Crippen molar-refractivity contribution in [3.05, 3.63) is 107 Å². The zero-order chi connectivity index (χ0) is 30.5. The van der Waals surface area contributed by atoms with E-state index in [0.717, 1.165) is 22.3 Å². The van der Waals surface area contributed by atoms with E-state index in [1.165, 1.54) is 0 Å². The molecule has 4 aromatic rings. The molecule has 0 aliphatic carbocycles. The number of fused-ring (bicyclic) bond motifs is 8. The summed E-state index contributed by atoms with van der Waals surface area (Å²) in [5.41, 5.74) is 4.45. The van der Waals surface area contributed by atoms with E-state index in [1.54, 1.807) is 38.7 Å². The van der Waals surface area contributed by atoms with Gasteiger partial charge in [0.15, 0.2) is 23.0 Å². The van der Waals surface area contributed by atoms with E-state index in [2.05, 4.69) is 10.3 Å². The van der Waals surface area contributed by atoms with Gasteiger partial charge in [0.25, 0.3) is 5.91 Å². The molecule has 0 saturated heterocycles. The van der Waals surface area contributed by atoms with E-state index < -0.39 is 6.04 Å². The average molecular weight is 594 g/mol. The second-order valence-corrected chi connectivity index (χ2v) is 10.8. The highest BCUT2D eigenvalue weighted by atomic mass is 16.5. The van der Waals surface area contributed by atoms with Crippen LogP contribution in [0.15, 0.2) is 79.1 Å². The quantitative estimate of drug-likeness (QED) is 0.335. The minimum Gasteiger partial charge on any atom is -0.493 e. The Morgan fingerprint density at radius 1 is 0.932 bits per heavy atom. The van der Waals surface area contributed by atoms with Crippen molar-refractivity contribution in [1.82, 2.24) is 15.2 Å². The van der Waals surface area contributed by atoms with Crippen molar-refractivity contribution < 1.29 is 28.5 Å². The molecule has 0 fully saturated rings. The molecule has 0 radical (unpaired) electrons. The Morgan fingerprint density at radius 2 is 1.77 bits per heavy atom. The third-order valence-corrected chi connectivity index (χ3v) is 8.01. The first-order valence-corrected chi connectivity index (χ1v) is 14.8. The van der Waals surface area contributed by atoms with Gasteiger partial charge in [0.05, 0.1) is 26.9 Å². The smallest absolute Gasteiger partial charge is 0.254 e. The molecule has 3 aliphatic heterocycles. The maximum Gasteiger partial charge on any atom is 0.254 e. The van der Waals surface area contributed by atoms with Gasteiger partial charge in [0.2, 0.25) is 5.91 Å². The summed E-state index contributed by atoms with van der Waals surface area (Å²) in [4.78, 5) is 32.4. The number of carbonyl (C=O) groups is 2. The lowest BCUT2D eigenvalue weighted by atomic mass is 9.87. The molecule has 9 nitrogen and oxygen atoms in total. The van der Waals surface area contributed by atoms with Gasteiger partial charge < -0.3 is 29.2 Å². The third-order valence-electron chi connectivity index (χ3n) is 8.01. The van der Waals surface area contributed by atoms with Crippen LogP contribution in [0, 0.1) is 0 Å². The second-order valence-electron chi connectivity index (χ2n) is 10.8. The number of carbonyl (C=O) groups excluding carboxylic acids is 2. The summed E-state index contributed by atoms with van der Waals surface area (Å²) in [6.07, 6.45) is 5.48. The summed E-state index contributed by atoms with van der Waals surface area (Å²) in [6, 6.07) is 20.5. The number of hydrogen-bond donors (Lipinski definition) is 1. The Hall–Kier alpha value is -5.05. The number of pyridine rings is 1. The molecule has 1 aromatic heterocycles. The average Bonchev–Trinajstić information content (AvgIpc) is 3.06. The van der Waals surface area contributed by atoms with Gasteiger partial charge in [-0.3, -0.25) is 14.6 Å². The van der Waals surface area contributed by atoms with Crippen molar-refractivity contribution in [2.24, 2.45) is 0 Å². The molecule has 7 rings (SSSR count). The Morgan fingerprint density at radius 3 is 2.59 bits per heavy atom. The van der Waals surface area contributed by atoms with Gasteiger partial charge in [-0.25, -0.2) is 0 Å². The van der Waals surface area contributed by atoms with Crippen LogP contribution < -0.4 is 24.3 Å². The number of nitrogens with zero attached hydrogens (tertiary/aromatic N) is 2. The molecule has 2 amide bonds. The Kier molecular flexibility index (Phi) is 8.63. The number of benzene rings is 3. The monoisotopic (exact) mass is 593 g/mol. The van der Waals surface area contributed by atoms with E-state index in [0.29, 0.717) is 79.7 Å². The highest BCUT2D eigenvalue weighted by Gasteiger charge is 2.34. The first kappa shape index (κ1) is 29.0. The lowest BCUT2D eigenvalue weighted by molar-refractivity contribution is -0.121. The summed E-state index contributed by atoms with van der Waals surface area (Å²) < 4.78 is 24.0. The minimum atomic E-state index is -0.427. The minimum absolute atomic E-state index is 0.0175. The molecule has 1 N–H and O–H groups in total. The number of rotatable bonds is 3. The molecule has 9 heteroatoms. The number of hydrogen-bond acceptors (Lipinski definition) is 7. The van der Waals surface area contributed by atoms with Gasteiger partial charge in [-0.2, -0.15) is 0 Å². The van der Waals surface area contributed by atoms with Crippen LogP contribution in [0.5, 0.6) is 28.7 Å². The lowest BCUT2D eigenvalue weighted by Gasteiger charge is -2.38. The van der Waals surface area contributed by atoms with Gasteiger partial charge >= 0.3 is 0 Å². The molecular weight excluding hydrogens is 558 g/mol. The van der Waals surface area contributed by atoms with Crippen molar-refractivity contribution in [1.29, 1.82) is 0 Å². The van der Waals surface area contributed by atoms with E-state index >= 15 is 0 Å². The molecule has 44 heavy (non-hydrogen) atoms. The molecule has 3 aromatic carbocycles. The van der Waals surface area contributed by atoms with Crippen LogP contribution in [0.1, 0.15) is 51.5 Å². The first-order chi connectivity index (χ1) is 21.5. The van der Waals surface area contributed by atoms with E-state index in [4.69, 9.17) is 18.9 Å². The third kappa shape index (κ3) is 6.17. The number of ether oxygens (including phenoxy) is 4. The number of methoxy groups -OCH3 is 2. The molecular formula is C35H35N3O6. The van der Waals surface area contributed by atoms with Crippen LogP contribution >= 0.6 is 0 Å². The first-order valence-electron chi connectivity index (χ1n) is 14.8. The summed E-state index contributed by atoms with van der Waals surface area (Å²) >= 11 is 0. The lowest BCUT2D eigenvalue weighted by Crippen LogP contribution is -2.40. The maximum atomic E-state index is 14.0. The highest BCUT2D eigenvalue weighted by molar-refractivity contribution is 5.95. The van der Waals surface area contributed by atoms with Crippen LogP contribution in [0.4, 0.5) is 0 Å². The van der Waals surface area contributed by atoms with Crippen molar-refractivity contribution in [3.8, 4) is 28.7 Å². The molecule has 1 atom stereocenters. The summed E-state index contributed by atoms with van der Waals surface area (Å²) in [7, 11) is 3.21. The molecule has 226 valence electrons. The molecule has 0 spiro atoms. The van der Waals surface area contributed by atoms with E-state index in [-0.39, 0.29) is 11.8 Å². The van der Waals surface area contributed by atoms with Crippen molar-refractivity contribution in [3.63, 3.8) is 0 Å². The largest absolute Gasteiger partial charge is 0.493 e. The van der Waals surface area contributed by atoms with Crippen LogP contribution in [0.25, 0.3) is 0 Å². The molecule has 3 aliphatic rings. The number of amides is 2. The fourth-order valence-electron chi connectivity index (χ4n) is 5.80. The van der Waals surface area contributed by atoms with Crippen molar-refractivity contribution in [2.75, 3.05) is 33.9 Å². The number of aromatic nitrogens is 1. The number of aryl methyl sites for hydroxylation is 1. The van der Waals surface area contributed by atoms with Gasteiger partial charge in [-0.05, 0) is 90.0 Å². The number of nitrogens with one attached hydrogen (secondary N) is 1. The van der Waals surface area contributed by atoms with Gasteiger partial charge in [-0.15, -0.1) is 0 Å². The molecule has 0 saturated carbocycles. The second kappa shape index (κ2) is 13.1. The zero-order valence-electron chi connectivity index (χ0n) is 24.9. The Labute approximate surface area is 256 Å². The van der Waals surface area contributed by atoms with Crippen molar-refractivity contribution in [2.45, 2.75) is 31.7 Å². The van der Waals surface area contributed by atoms with Crippen LogP contribution in [-0.4, -0.2) is 55.6 Å². The Bertz CT molecular complexity index is 1660. The van der Waals surface area contributed by atoms with Crippen molar-refractivity contribution >= 4 is 11.8 Å². The highest BCUT2D eigenvalue weighted by Crippen LogP contribution is 2.44. The zero-order valence-corrected chi connectivity index (χ0v) is 24.9. The van der Waals surface area contributed by atoms with Gasteiger partial charge in [-0.1, -0.05) is 18.2 Å². The fourth-order valence-corrected chi connectivity index (χ4v) is 5.80. The van der Waals surface area contributed by atoms with Crippen LogP contribution in [-0.2, 0) is 17.6 Å². The Balaban J connectivity index is 1.47. The predicted molar refractivity (Wildman–Crippen MR) is 165 cm³/mol. The maximum absolute atomic E-state index is 14.0. The molecule has 4 heterocycles. The van der Waals surface area contributed by atoms with E-state index in [9.17, 15) is 9.59 Å². The molecule has 8 bridgehead atoms. The topological polar surface area (TPSA) is 99.2 Å². The summed E-state index contributed by atoms with van der Waals surface area (Å²) in [5, 5.41) is 2.98. The summed E-state index contributed by atoms with van der Waals surface area (Å²) in [5.74, 6) is 2.84.